The lowest BCUT2D eigenvalue weighted by atomic mass is 9.98. The highest BCUT2D eigenvalue weighted by molar-refractivity contribution is 7.90. The first-order chi connectivity index (χ1) is 15.9. The normalized spacial score (nSPS) is 16.2. The SMILES string of the molecule is CS(=O)(=O)c1ccc(-c2cc3cc[nH]c(=O)c3c(Nc3ccc(C4CCNC4)cc3)n2)cc1. The van der Waals surface area contributed by atoms with E-state index in [1.807, 2.05) is 24.3 Å². The van der Waals surface area contributed by atoms with Crippen LogP contribution in [0.25, 0.3) is 22.0 Å². The Hall–Kier alpha value is -3.49. The lowest BCUT2D eigenvalue weighted by Crippen LogP contribution is -2.09. The van der Waals surface area contributed by atoms with Crippen LogP contribution in [-0.4, -0.2) is 37.7 Å². The lowest BCUT2D eigenvalue weighted by molar-refractivity contribution is 0.602. The number of sulfone groups is 1. The van der Waals surface area contributed by atoms with Gasteiger partial charge in [-0.05, 0) is 66.2 Å². The molecule has 168 valence electrons. The van der Waals surface area contributed by atoms with Gasteiger partial charge in [0.25, 0.3) is 5.56 Å². The Morgan fingerprint density at radius 3 is 2.45 bits per heavy atom. The average molecular weight is 461 g/mol. The van der Waals surface area contributed by atoms with Crippen LogP contribution < -0.4 is 16.2 Å². The van der Waals surface area contributed by atoms with Crippen molar-refractivity contribution in [2.45, 2.75) is 17.2 Å². The van der Waals surface area contributed by atoms with Gasteiger partial charge in [-0.3, -0.25) is 4.79 Å². The number of hydrogen-bond donors (Lipinski definition) is 3. The Labute approximate surface area is 191 Å². The third kappa shape index (κ3) is 4.40. The zero-order chi connectivity index (χ0) is 23.0. The fraction of sp³-hybridized carbons (Fsp3) is 0.200. The van der Waals surface area contributed by atoms with Gasteiger partial charge in [0, 0.05) is 30.2 Å². The van der Waals surface area contributed by atoms with E-state index in [4.69, 9.17) is 4.98 Å². The number of pyridine rings is 2. The highest BCUT2D eigenvalue weighted by Crippen LogP contribution is 2.29. The second kappa shape index (κ2) is 8.46. The molecule has 1 atom stereocenters. The van der Waals surface area contributed by atoms with Crippen molar-refractivity contribution in [3.8, 4) is 11.3 Å². The van der Waals surface area contributed by atoms with E-state index in [0.29, 0.717) is 22.8 Å². The van der Waals surface area contributed by atoms with Gasteiger partial charge in [-0.15, -0.1) is 0 Å². The first kappa shape index (κ1) is 21.4. The zero-order valence-corrected chi connectivity index (χ0v) is 18.9. The van der Waals surface area contributed by atoms with Crippen molar-refractivity contribution in [2.75, 3.05) is 24.7 Å². The number of aromatic nitrogens is 2. The van der Waals surface area contributed by atoms with E-state index >= 15 is 0 Å². The predicted octanol–water partition coefficient (Wildman–Crippen LogP) is 3.81. The van der Waals surface area contributed by atoms with E-state index < -0.39 is 9.84 Å². The molecule has 0 radical (unpaired) electrons. The van der Waals surface area contributed by atoms with Gasteiger partial charge in [0.15, 0.2) is 9.84 Å². The Kier molecular flexibility index (Phi) is 5.47. The van der Waals surface area contributed by atoms with Gasteiger partial charge < -0.3 is 15.6 Å². The maximum atomic E-state index is 12.6. The molecule has 2 aromatic heterocycles. The number of benzene rings is 2. The monoisotopic (exact) mass is 460 g/mol. The summed E-state index contributed by atoms with van der Waals surface area (Å²) in [6.07, 6.45) is 3.92. The molecule has 1 unspecified atom stereocenters. The van der Waals surface area contributed by atoms with Crippen LogP contribution in [0.4, 0.5) is 11.5 Å². The average Bonchev–Trinajstić information content (AvgIpc) is 3.34. The summed E-state index contributed by atoms with van der Waals surface area (Å²) in [4.78, 5) is 20.3. The van der Waals surface area contributed by atoms with Crippen molar-refractivity contribution >= 4 is 32.1 Å². The fourth-order valence-electron chi connectivity index (χ4n) is 4.24. The Bertz CT molecular complexity index is 1470. The highest BCUT2D eigenvalue weighted by Gasteiger charge is 2.17. The van der Waals surface area contributed by atoms with Crippen LogP contribution in [0.2, 0.25) is 0 Å². The second-order valence-electron chi connectivity index (χ2n) is 8.36. The van der Waals surface area contributed by atoms with E-state index in [1.165, 1.54) is 11.8 Å². The summed E-state index contributed by atoms with van der Waals surface area (Å²) in [5.41, 5.74) is 3.31. The summed E-state index contributed by atoms with van der Waals surface area (Å²) in [5, 5.41) is 7.91. The molecule has 0 spiro atoms. The van der Waals surface area contributed by atoms with Crippen molar-refractivity contribution in [1.82, 2.24) is 15.3 Å². The molecule has 1 aliphatic rings. The maximum absolute atomic E-state index is 12.6. The first-order valence-electron chi connectivity index (χ1n) is 10.8. The smallest absolute Gasteiger partial charge is 0.259 e. The topological polar surface area (TPSA) is 104 Å². The number of nitrogens with zero attached hydrogens (tertiary/aromatic N) is 1. The van der Waals surface area contributed by atoms with E-state index in [1.54, 1.807) is 30.5 Å². The van der Waals surface area contributed by atoms with Gasteiger partial charge >= 0.3 is 0 Å². The maximum Gasteiger partial charge on any atom is 0.259 e. The molecule has 1 fully saturated rings. The minimum Gasteiger partial charge on any atom is -0.340 e. The number of fused-ring (bicyclic) bond motifs is 1. The molecule has 0 aliphatic carbocycles. The van der Waals surface area contributed by atoms with Crippen LogP contribution in [0, 0.1) is 0 Å². The van der Waals surface area contributed by atoms with Crippen molar-refractivity contribution in [1.29, 1.82) is 0 Å². The third-order valence-electron chi connectivity index (χ3n) is 6.04. The Balaban J connectivity index is 1.54. The molecule has 7 nitrogen and oxygen atoms in total. The molecule has 2 aromatic carbocycles. The van der Waals surface area contributed by atoms with Crippen LogP contribution in [0.5, 0.6) is 0 Å². The van der Waals surface area contributed by atoms with Gasteiger partial charge in [0.05, 0.1) is 16.0 Å². The van der Waals surface area contributed by atoms with Crippen molar-refractivity contribution in [2.24, 2.45) is 0 Å². The molecule has 0 bridgehead atoms. The van der Waals surface area contributed by atoms with Crippen molar-refractivity contribution in [3.63, 3.8) is 0 Å². The summed E-state index contributed by atoms with van der Waals surface area (Å²) in [7, 11) is -3.28. The van der Waals surface area contributed by atoms with Crippen molar-refractivity contribution < 1.29 is 8.42 Å². The van der Waals surface area contributed by atoms with Gasteiger partial charge in [0.1, 0.15) is 5.82 Å². The number of rotatable bonds is 5. The molecule has 5 rings (SSSR count). The molecule has 1 saturated heterocycles. The van der Waals surface area contributed by atoms with Crippen LogP contribution in [0.1, 0.15) is 17.9 Å². The summed E-state index contributed by atoms with van der Waals surface area (Å²) < 4.78 is 23.6. The molecule has 4 aromatic rings. The molecular weight excluding hydrogens is 436 g/mol. The molecule has 3 N–H and O–H groups in total. The number of H-pyrrole nitrogens is 1. The number of hydrogen-bond acceptors (Lipinski definition) is 6. The van der Waals surface area contributed by atoms with E-state index in [0.717, 1.165) is 36.1 Å². The number of nitrogens with one attached hydrogen (secondary N) is 3. The van der Waals surface area contributed by atoms with Crippen LogP contribution in [-0.2, 0) is 9.84 Å². The standard InChI is InChI=1S/C25H24N4O3S/c1-33(31,32)21-8-4-17(5-9-21)22-14-18-11-13-27-25(30)23(18)24(29-22)28-20-6-2-16(3-7-20)19-10-12-26-15-19/h2-9,11,13-14,19,26H,10,12,15H2,1H3,(H,27,30)(H,28,29). The van der Waals surface area contributed by atoms with Gasteiger partial charge in [-0.1, -0.05) is 24.3 Å². The molecule has 3 heterocycles. The Morgan fingerprint density at radius 2 is 1.79 bits per heavy atom. The minimum atomic E-state index is -3.28. The van der Waals surface area contributed by atoms with Crippen LogP contribution in [0.3, 0.4) is 0 Å². The molecule has 0 saturated carbocycles. The summed E-state index contributed by atoms with van der Waals surface area (Å²) >= 11 is 0. The lowest BCUT2D eigenvalue weighted by Gasteiger charge is -2.13. The quantitative estimate of drug-likeness (QED) is 0.418. The first-order valence-corrected chi connectivity index (χ1v) is 12.7. The number of aromatic amines is 1. The summed E-state index contributed by atoms with van der Waals surface area (Å²) in [5.74, 6) is 0.978. The largest absolute Gasteiger partial charge is 0.340 e. The third-order valence-corrected chi connectivity index (χ3v) is 7.17. The summed E-state index contributed by atoms with van der Waals surface area (Å²) in [6.45, 7) is 2.04. The highest BCUT2D eigenvalue weighted by atomic mass is 32.2. The van der Waals surface area contributed by atoms with E-state index in [-0.39, 0.29) is 10.5 Å². The van der Waals surface area contributed by atoms with Gasteiger partial charge in [-0.25, -0.2) is 13.4 Å². The summed E-state index contributed by atoms with van der Waals surface area (Å²) in [6, 6.07) is 18.5. The van der Waals surface area contributed by atoms with Gasteiger partial charge in [-0.2, -0.15) is 0 Å². The van der Waals surface area contributed by atoms with E-state index in [2.05, 4.69) is 27.8 Å². The molecule has 8 heteroatoms. The van der Waals surface area contributed by atoms with Crippen molar-refractivity contribution in [3.05, 3.63) is 82.8 Å². The molecule has 33 heavy (non-hydrogen) atoms. The predicted molar refractivity (Wildman–Crippen MR) is 131 cm³/mol. The van der Waals surface area contributed by atoms with Crippen LogP contribution >= 0.6 is 0 Å². The fourth-order valence-corrected chi connectivity index (χ4v) is 4.87. The molecule has 1 aliphatic heterocycles. The van der Waals surface area contributed by atoms with E-state index in [9.17, 15) is 13.2 Å². The minimum absolute atomic E-state index is 0.227. The Morgan fingerprint density at radius 1 is 1.03 bits per heavy atom. The second-order valence-corrected chi connectivity index (χ2v) is 10.4. The molecular formula is C25H24N4O3S. The van der Waals surface area contributed by atoms with Gasteiger partial charge in [0.2, 0.25) is 0 Å². The zero-order valence-electron chi connectivity index (χ0n) is 18.1. The number of anilines is 2. The molecule has 0 amide bonds. The van der Waals surface area contributed by atoms with Crippen LogP contribution in [0.15, 0.2) is 76.6 Å².